The average molecular weight is 278 g/mol. The summed E-state index contributed by atoms with van der Waals surface area (Å²) in [5.41, 5.74) is 6.78. The SMILES string of the molecule is COC1=CC(=NCC2CCCC(CN)C2)C(C)C=C1O. The van der Waals surface area contributed by atoms with E-state index in [9.17, 15) is 5.11 Å². The molecule has 0 spiro atoms. The number of nitrogens with two attached hydrogens (primary N) is 1. The van der Waals surface area contributed by atoms with Crippen LogP contribution in [0.25, 0.3) is 0 Å². The summed E-state index contributed by atoms with van der Waals surface area (Å²) in [6.07, 6.45) is 8.63. The lowest BCUT2D eigenvalue weighted by Crippen LogP contribution is -2.24. The fraction of sp³-hybridized carbons (Fsp3) is 0.688. The van der Waals surface area contributed by atoms with Gasteiger partial charge < -0.3 is 15.6 Å². The largest absolute Gasteiger partial charge is 0.504 e. The lowest BCUT2D eigenvalue weighted by Gasteiger charge is -2.27. The summed E-state index contributed by atoms with van der Waals surface area (Å²) in [5.74, 6) is 2.18. The van der Waals surface area contributed by atoms with Gasteiger partial charge in [0.05, 0.1) is 7.11 Å². The molecule has 0 heterocycles. The summed E-state index contributed by atoms with van der Waals surface area (Å²) in [4.78, 5) is 4.75. The van der Waals surface area contributed by atoms with Crippen LogP contribution in [0.15, 0.2) is 28.7 Å². The summed E-state index contributed by atoms with van der Waals surface area (Å²) < 4.78 is 5.15. The average Bonchev–Trinajstić information content (AvgIpc) is 2.46. The number of aliphatic hydroxyl groups is 1. The van der Waals surface area contributed by atoms with Gasteiger partial charge in [0, 0.05) is 24.3 Å². The molecule has 0 saturated heterocycles. The van der Waals surface area contributed by atoms with Crippen LogP contribution in [0.5, 0.6) is 0 Å². The summed E-state index contributed by atoms with van der Waals surface area (Å²) in [6, 6.07) is 0. The Labute approximate surface area is 121 Å². The van der Waals surface area contributed by atoms with Crippen molar-refractivity contribution in [3.8, 4) is 0 Å². The zero-order chi connectivity index (χ0) is 14.5. The maximum absolute atomic E-state index is 9.74. The lowest BCUT2D eigenvalue weighted by molar-refractivity contribution is 0.254. The highest BCUT2D eigenvalue weighted by Crippen LogP contribution is 2.29. The van der Waals surface area contributed by atoms with Gasteiger partial charge in [0.2, 0.25) is 0 Å². The zero-order valence-corrected chi connectivity index (χ0v) is 12.5. The van der Waals surface area contributed by atoms with E-state index in [1.165, 1.54) is 25.7 Å². The van der Waals surface area contributed by atoms with Gasteiger partial charge in [0.25, 0.3) is 0 Å². The smallest absolute Gasteiger partial charge is 0.161 e. The van der Waals surface area contributed by atoms with Gasteiger partial charge in [0.1, 0.15) is 0 Å². The van der Waals surface area contributed by atoms with Crippen LogP contribution >= 0.6 is 0 Å². The van der Waals surface area contributed by atoms with Crippen molar-refractivity contribution in [2.24, 2.45) is 28.5 Å². The van der Waals surface area contributed by atoms with E-state index in [4.69, 9.17) is 15.5 Å². The number of methoxy groups -OCH3 is 1. The zero-order valence-electron chi connectivity index (χ0n) is 12.5. The first-order chi connectivity index (χ1) is 9.63. The number of aliphatic imine (C=N–C) groups is 1. The van der Waals surface area contributed by atoms with Crippen molar-refractivity contribution >= 4 is 5.71 Å². The van der Waals surface area contributed by atoms with Crippen LogP contribution < -0.4 is 5.73 Å². The van der Waals surface area contributed by atoms with Crippen LogP contribution in [0.1, 0.15) is 32.6 Å². The summed E-state index contributed by atoms with van der Waals surface area (Å²) in [6.45, 7) is 3.70. The molecular formula is C16H26N2O2. The normalized spacial score (nSPS) is 32.8. The van der Waals surface area contributed by atoms with Crippen molar-refractivity contribution < 1.29 is 9.84 Å². The number of rotatable bonds is 4. The fourth-order valence-corrected chi connectivity index (χ4v) is 3.11. The van der Waals surface area contributed by atoms with Gasteiger partial charge in [-0.2, -0.15) is 0 Å². The molecule has 4 heteroatoms. The second-order valence-corrected chi connectivity index (χ2v) is 5.95. The van der Waals surface area contributed by atoms with Crippen LogP contribution in [0.2, 0.25) is 0 Å². The minimum absolute atomic E-state index is 0.141. The Morgan fingerprint density at radius 2 is 2.15 bits per heavy atom. The third-order valence-corrected chi connectivity index (χ3v) is 4.38. The molecule has 0 aromatic rings. The first kappa shape index (κ1) is 15.1. The minimum atomic E-state index is 0.141. The van der Waals surface area contributed by atoms with Gasteiger partial charge in [0.15, 0.2) is 11.5 Å². The molecule has 2 rings (SSSR count). The molecule has 20 heavy (non-hydrogen) atoms. The molecule has 1 fully saturated rings. The molecular weight excluding hydrogens is 252 g/mol. The van der Waals surface area contributed by atoms with Gasteiger partial charge in [-0.05, 0) is 43.7 Å². The summed E-state index contributed by atoms with van der Waals surface area (Å²) in [5, 5.41) is 9.74. The van der Waals surface area contributed by atoms with Gasteiger partial charge in [-0.25, -0.2) is 0 Å². The van der Waals surface area contributed by atoms with E-state index in [0.29, 0.717) is 17.6 Å². The van der Waals surface area contributed by atoms with Crippen LogP contribution in [-0.4, -0.2) is 31.0 Å². The van der Waals surface area contributed by atoms with Crippen LogP contribution in [0, 0.1) is 17.8 Å². The van der Waals surface area contributed by atoms with Crippen molar-refractivity contribution in [3.05, 3.63) is 23.7 Å². The van der Waals surface area contributed by atoms with E-state index in [-0.39, 0.29) is 11.7 Å². The molecule has 3 N–H and O–H groups in total. The molecule has 0 aliphatic heterocycles. The summed E-state index contributed by atoms with van der Waals surface area (Å²) in [7, 11) is 1.57. The van der Waals surface area contributed by atoms with Gasteiger partial charge >= 0.3 is 0 Å². The molecule has 1 saturated carbocycles. The highest BCUT2D eigenvalue weighted by Gasteiger charge is 2.22. The van der Waals surface area contributed by atoms with E-state index >= 15 is 0 Å². The Morgan fingerprint density at radius 3 is 2.85 bits per heavy atom. The van der Waals surface area contributed by atoms with E-state index in [1.807, 2.05) is 13.0 Å². The van der Waals surface area contributed by atoms with Crippen molar-refractivity contribution in [2.45, 2.75) is 32.6 Å². The Hall–Kier alpha value is -1.29. The van der Waals surface area contributed by atoms with Gasteiger partial charge in [-0.3, -0.25) is 4.99 Å². The second-order valence-electron chi connectivity index (χ2n) is 5.95. The topological polar surface area (TPSA) is 67.8 Å². The third kappa shape index (κ3) is 3.63. The number of ether oxygens (including phenoxy) is 1. The van der Waals surface area contributed by atoms with Gasteiger partial charge in [-0.15, -0.1) is 0 Å². The molecule has 3 unspecified atom stereocenters. The van der Waals surface area contributed by atoms with Crippen molar-refractivity contribution in [1.82, 2.24) is 0 Å². The van der Waals surface area contributed by atoms with Crippen LogP contribution in [-0.2, 0) is 4.74 Å². The summed E-state index contributed by atoms with van der Waals surface area (Å²) >= 11 is 0. The second kappa shape index (κ2) is 6.93. The molecule has 2 aliphatic rings. The number of allylic oxidation sites excluding steroid dienone is 2. The maximum Gasteiger partial charge on any atom is 0.161 e. The van der Waals surface area contributed by atoms with Crippen molar-refractivity contribution in [3.63, 3.8) is 0 Å². The van der Waals surface area contributed by atoms with Crippen LogP contribution in [0.3, 0.4) is 0 Å². The Balaban J connectivity index is 1.98. The molecule has 0 aromatic carbocycles. The van der Waals surface area contributed by atoms with Crippen LogP contribution in [0.4, 0.5) is 0 Å². The standard InChI is InChI=1S/C16H26N2O2/c1-11-6-15(19)16(20-2)8-14(11)18-10-13-5-3-4-12(7-13)9-17/h6,8,11-13,19H,3-5,7,9-10,17H2,1-2H3. The van der Waals surface area contributed by atoms with E-state index in [0.717, 1.165) is 18.8 Å². The fourth-order valence-electron chi connectivity index (χ4n) is 3.11. The first-order valence-electron chi connectivity index (χ1n) is 7.55. The molecule has 4 nitrogen and oxygen atoms in total. The number of aliphatic hydroxyl groups excluding tert-OH is 1. The molecule has 0 radical (unpaired) electrons. The third-order valence-electron chi connectivity index (χ3n) is 4.38. The van der Waals surface area contributed by atoms with E-state index < -0.39 is 0 Å². The molecule has 2 aliphatic carbocycles. The molecule has 112 valence electrons. The monoisotopic (exact) mass is 278 g/mol. The lowest BCUT2D eigenvalue weighted by atomic mass is 9.81. The van der Waals surface area contributed by atoms with Gasteiger partial charge in [-0.1, -0.05) is 13.3 Å². The predicted octanol–water partition coefficient (Wildman–Crippen LogP) is 2.81. The Kier molecular flexibility index (Phi) is 5.24. The Morgan fingerprint density at radius 1 is 1.40 bits per heavy atom. The molecule has 0 aromatic heterocycles. The minimum Gasteiger partial charge on any atom is -0.504 e. The maximum atomic E-state index is 9.74. The molecule has 0 amide bonds. The highest BCUT2D eigenvalue weighted by molar-refractivity contribution is 5.99. The Bertz CT molecular complexity index is 426. The molecule has 3 atom stereocenters. The number of nitrogens with zero attached hydrogens (tertiary/aromatic N) is 1. The predicted molar refractivity (Wildman–Crippen MR) is 81.8 cm³/mol. The van der Waals surface area contributed by atoms with E-state index in [2.05, 4.69) is 0 Å². The number of hydrogen-bond acceptors (Lipinski definition) is 4. The van der Waals surface area contributed by atoms with E-state index in [1.54, 1.807) is 13.2 Å². The van der Waals surface area contributed by atoms with Crippen molar-refractivity contribution in [1.29, 1.82) is 0 Å². The van der Waals surface area contributed by atoms with Crippen molar-refractivity contribution in [2.75, 3.05) is 20.2 Å². The first-order valence-corrected chi connectivity index (χ1v) is 7.55. The number of hydrogen-bond donors (Lipinski definition) is 2. The molecule has 0 bridgehead atoms. The highest BCUT2D eigenvalue weighted by atomic mass is 16.5. The quantitative estimate of drug-likeness (QED) is 0.831.